The van der Waals surface area contributed by atoms with Crippen LogP contribution in [0.4, 0.5) is 5.69 Å². The molecule has 2 aromatic carbocycles. The molecule has 22 heavy (non-hydrogen) atoms. The Kier molecular flexibility index (Phi) is 2.94. The van der Waals surface area contributed by atoms with Gasteiger partial charge in [-0.1, -0.05) is 12.1 Å². The van der Waals surface area contributed by atoms with Gasteiger partial charge in [0, 0.05) is 24.2 Å². The molecule has 4 rings (SSSR count). The number of hydrogen-bond donors (Lipinski definition) is 3. The van der Waals surface area contributed by atoms with E-state index in [9.17, 15) is 4.79 Å². The fourth-order valence-corrected chi connectivity index (χ4v) is 2.93. The van der Waals surface area contributed by atoms with E-state index in [2.05, 4.69) is 26.9 Å². The van der Waals surface area contributed by atoms with Gasteiger partial charge in [0.1, 0.15) is 0 Å². The van der Waals surface area contributed by atoms with E-state index in [1.54, 1.807) is 6.20 Å². The summed E-state index contributed by atoms with van der Waals surface area (Å²) in [5.74, 6) is -0.125. The number of anilines is 1. The van der Waals surface area contributed by atoms with Crippen LogP contribution in [0.15, 0.2) is 36.5 Å². The molecule has 2 heterocycles. The molecule has 0 radical (unpaired) electrons. The summed E-state index contributed by atoms with van der Waals surface area (Å²) < 4.78 is 0. The highest BCUT2D eigenvalue weighted by molar-refractivity contribution is 6.12. The topological polar surface area (TPSA) is 69.8 Å². The van der Waals surface area contributed by atoms with Crippen LogP contribution in [0.5, 0.6) is 0 Å². The first kappa shape index (κ1) is 13.0. The maximum Gasteiger partial charge on any atom is 0.257 e. The second-order valence-corrected chi connectivity index (χ2v) is 5.63. The van der Waals surface area contributed by atoms with Gasteiger partial charge in [0.15, 0.2) is 0 Å². The van der Waals surface area contributed by atoms with Crippen LogP contribution < -0.4 is 10.6 Å². The molecule has 0 atom stereocenters. The first-order valence-corrected chi connectivity index (χ1v) is 7.29. The number of nitrogens with zero attached hydrogens (tertiary/aromatic N) is 1. The average molecular weight is 292 g/mol. The van der Waals surface area contributed by atoms with Gasteiger partial charge in [0.25, 0.3) is 5.91 Å². The SMILES string of the molecule is Cc1ccc(C(=O)Nc2ccc3c(c2)CNC3)c2[nH]ncc12. The Labute approximate surface area is 127 Å². The Morgan fingerprint density at radius 3 is 2.95 bits per heavy atom. The molecule has 5 nitrogen and oxygen atoms in total. The van der Waals surface area contributed by atoms with Crippen LogP contribution >= 0.6 is 0 Å². The minimum absolute atomic E-state index is 0.125. The molecule has 1 aliphatic rings. The number of aromatic amines is 1. The molecule has 0 unspecified atom stereocenters. The quantitative estimate of drug-likeness (QED) is 0.680. The van der Waals surface area contributed by atoms with E-state index in [1.807, 2.05) is 31.2 Å². The lowest BCUT2D eigenvalue weighted by Gasteiger charge is -2.08. The Morgan fingerprint density at radius 2 is 2.05 bits per heavy atom. The molecule has 3 N–H and O–H groups in total. The van der Waals surface area contributed by atoms with Crippen molar-refractivity contribution in [2.75, 3.05) is 5.32 Å². The third kappa shape index (κ3) is 2.07. The van der Waals surface area contributed by atoms with Gasteiger partial charge in [-0.25, -0.2) is 0 Å². The van der Waals surface area contributed by atoms with Crippen molar-refractivity contribution in [2.45, 2.75) is 20.0 Å². The first-order valence-electron chi connectivity index (χ1n) is 7.29. The average Bonchev–Trinajstić information content (AvgIpc) is 3.16. The van der Waals surface area contributed by atoms with Crippen LogP contribution in [-0.4, -0.2) is 16.1 Å². The summed E-state index contributed by atoms with van der Waals surface area (Å²) >= 11 is 0. The zero-order valence-corrected chi connectivity index (χ0v) is 12.2. The van der Waals surface area contributed by atoms with Crippen molar-refractivity contribution in [3.8, 4) is 0 Å². The summed E-state index contributed by atoms with van der Waals surface area (Å²) in [6.45, 7) is 3.76. The number of carbonyl (C=O) groups excluding carboxylic acids is 1. The maximum absolute atomic E-state index is 12.6. The second-order valence-electron chi connectivity index (χ2n) is 5.63. The normalized spacial score (nSPS) is 13.3. The highest BCUT2D eigenvalue weighted by Crippen LogP contribution is 2.23. The third-order valence-electron chi connectivity index (χ3n) is 4.17. The van der Waals surface area contributed by atoms with E-state index < -0.39 is 0 Å². The second kappa shape index (κ2) is 4.96. The summed E-state index contributed by atoms with van der Waals surface area (Å²) in [5.41, 5.74) is 5.85. The minimum atomic E-state index is -0.125. The summed E-state index contributed by atoms with van der Waals surface area (Å²) in [6, 6.07) is 9.82. The van der Waals surface area contributed by atoms with Crippen molar-refractivity contribution in [2.24, 2.45) is 0 Å². The number of H-pyrrole nitrogens is 1. The molecule has 0 fully saturated rings. The van der Waals surface area contributed by atoms with Gasteiger partial charge in [-0.3, -0.25) is 9.89 Å². The van der Waals surface area contributed by atoms with Gasteiger partial charge >= 0.3 is 0 Å². The molecule has 0 aliphatic carbocycles. The van der Waals surface area contributed by atoms with Crippen molar-refractivity contribution in [3.05, 3.63) is 58.8 Å². The van der Waals surface area contributed by atoms with E-state index in [0.717, 1.165) is 35.2 Å². The highest BCUT2D eigenvalue weighted by atomic mass is 16.1. The monoisotopic (exact) mass is 292 g/mol. The van der Waals surface area contributed by atoms with Crippen molar-refractivity contribution in [3.63, 3.8) is 0 Å². The molecule has 0 bridgehead atoms. The third-order valence-corrected chi connectivity index (χ3v) is 4.17. The van der Waals surface area contributed by atoms with Gasteiger partial charge in [0.2, 0.25) is 0 Å². The minimum Gasteiger partial charge on any atom is -0.322 e. The van der Waals surface area contributed by atoms with Crippen LogP contribution in [0.3, 0.4) is 0 Å². The van der Waals surface area contributed by atoms with Gasteiger partial charge in [-0.15, -0.1) is 0 Å². The number of nitrogens with one attached hydrogen (secondary N) is 3. The van der Waals surface area contributed by atoms with Crippen molar-refractivity contribution in [1.29, 1.82) is 0 Å². The Balaban J connectivity index is 1.66. The van der Waals surface area contributed by atoms with Gasteiger partial charge < -0.3 is 10.6 Å². The number of fused-ring (bicyclic) bond motifs is 2. The zero-order valence-electron chi connectivity index (χ0n) is 12.2. The zero-order chi connectivity index (χ0) is 15.1. The number of amides is 1. The molecule has 5 heteroatoms. The number of rotatable bonds is 2. The maximum atomic E-state index is 12.6. The van der Waals surface area contributed by atoms with E-state index in [-0.39, 0.29) is 5.91 Å². The Hall–Kier alpha value is -2.66. The molecule has 0 spiro atoms. The molecule has 3 aromatic rings. The van der Waals surface area contributed by atoms with E-state index in [1.165, 1.54) is 11.1 Å². The molecule has 1 aromatic heterocycles. The molecule has 0 saturated heterocycles. The fourth-order valence-electron chi connectivity index (χ4n) is 2.93. The number of benzene rings is 2. The molecular weight excluding hydrogens is 276 g/mol. The largest absolute Gasteiger partial charge is 0.322 e. The lowest BCUT2D eigenvalue weighted by Crippen LogP contribution is -2.13. The molecule has 1 amide bonds. The Morgan fingerprint density at radius 1 is 1.18 bits per heavy atom. The number of aryl methyl sites for hydroxylation is 1. The van der Waals surface area contributed by atoms with Crippen LogP contribution in [0, 0.1) is 6.92 Å². The molecule has 110 valence electrons. The van der Waals surface area contributed by atoms with Gasteiger partial charge in [-0.2, -0.15) is 5.10 Å². The van der Waals surface area contributed by atoms with E-state index >= 15 is 0 Å². The first-order chi connectivity index (χ1) is 10.7. The lowest BCUT2D eigenvalue weighted by molar-refractivity contribution is 0.102. The fraction of sp³-hybridized carbons (Fsp3) is 0.176. The van der Waals surface area contributed by atoms with E-state index in [4.69, 9.17) is 0 Å². The predicted molar refractivity (Wildman–Crippen MR) is 85.8 cm³/mol. The van der Waals surface area contributed by atoms with Crippen LogP contribution in [0.2, 0.25) is 0 Å². The smallest absolute Gasteiger partial charge is 0.257 e. The molecular formula is C17H16N4O. The Bertz CT molecular complexity index is 881. The van der Waals surface area contributed by atoms with Crippen LogP contribution in [-0.2, 0) is 13.1 Å². The van der Waals surface area contributed by atoms with Gasteiger partial charge in [-0.05, 0) is 41.8 Å². The number of hydrogen-bond acceptors (Lipinski definition) is 3. The van der Waals surface area contributed by atoms with Crippen LogP contribution in [0.25, 0.3) is 10.9 Å². The molecule has 0 saturated carbocycles. The van der Waals surface area contributed by atoms with E-state index in [0.29, 0.717) is 5.56 Å². The molecule has 1 aliphatic heterocycles. The van der Waals surface area contributed by atoms with Crippen molar-refractivity contribution >= 4 is 22.5 Å². The lowest BCUT2D eigenvalue weighted by atomic mass is 10.1. The summed E-state index contributed by atoms with van der Waals surface area (Å²) in [5, 5.41) is 14.2. The van der Waals surface area contributed by atoms with Gasteiger partial charge in [0.05, 0.1) is 17.3 Å². The number of aromatic nitrogens is 2. The predicted octanol–water partition coefficient (Wildman–Crippen LogP) is 2.73. The number of carbonyl (C=O) groups is 1. The van der Waals surface area contributed by atoms with Crippen molar-refractivity contribution in [1.82, 2.24) is 15.5 Å². The summed E-state index contributed by atoms with van der Waals surface area (Å²) in [6.07, 6.45) is 1.75. The highest BCUT2D eigenvalue weighted by Gasteiger charge is 2.15. The van der Waals surface area contributed by atoms with Crippen LogP contribution in [0.1, 0.15) is 27.0 Å². The standard InChI is InChI=1S/C17H16N4O/c1-10-2-5-14(16-15(10)9-19-21-16)17(22)20-13-4-3-11-7-18-8-12(11)6-13/h2-6,9,18H,7-8H2,1H3,(H,19,21)(H,20,22). The summed E-state index contributed by atoms with van der Waals surface area (Å²) in [4.78, 5) is 12.6. The summed E-state index contributed by atoms with van der Waals surface area (Å²) in [7, 11) is 0. The van der Waals surface area contributed by atoms with Crippen molar-refractivity contribution < 1.29 is 4.79 Å².